The van der Waals surface area contributed by atoms with Gasteiger partial charge in [-0.15, -0.1) is 4.98 Å². The Labute approximate surface area is 293 Å². The van der Waals surface area contributed by atoms with E-state index in [1.165, 1.54) is 22.6 Å². The number of aryl methyl sites for hydroxylation is 1. The number of nitrogens with one attached hydrogen (secondary N) is 1. The summed E-state index contributed by atoms with van der Waals surface area (Å²) >= 11 is 0. The van der Waals surface area contributed by atoms with Crippen LogP contribution in [0.15, 0.2) is 17.4 Å². The van der Waals surface area contributed by atoms with Crippen molar-refractivity contribution in [2.45, 2.75) is 49.1 Å². The highest BCUT2D eigenvalue weighted by Gasteiger charge is 2.51. The Hall–Kier alpha value is -3.53. The minimum absolute atomic E-state index is 0.0909. The van der Waals surface area contributed by atoms with E-state index in [1.54, 1.807) is 7.05 Å². The predicted octanol–water partition coefficient (Wildman–Crippen LogP) is -3.75. The molecule has 4 aromatic rings. The van der Waals surface area contributed by atoms with Gasteiger partial charge >= 0.3 is 40.9 Å². The second-order valence-electron chi connectivity index (χ2n) is 11.5. The van der Waals surface area contributed by atoms with Gasteiger partial charge in [0.25, 0.3) is 11.1 Å². The summed E-state index contributed by atoms with van der Waals surface area (Å²) in [6.45, 7) is -2.00. The lowest BCUT2D eigenvalue weighted by atomic mass is 10.1. The Kier molecular flexibility index (Phi) is 10.6. The number of rotatable bonds is 13. The molecule has 28 nitrogen and oxygen atoms in total. The summed E-state index contributed by atoms with van der Waals surface area (Å²) in [6.07, 6.45) is -9.54. The van der Waals surface area contributed by atoms with Crippen molar-refractivity contribution in [2.24, 2.45) is 7.05 Å². The summed E-state index contributed by atoms with van der Waals surface area (Å²) in [7, 11) is -14.5. The molecule has 6 heterocycles. The molecule has 4 aromatic heterocycles. The number of H-pyrrole nitrogens is 1. The normalized spacial score (nSPS) is 29.7. The monoisotopic (exact) mass is 818 g/mol. The van der Waals surface area contributed by atoms with Crippen LogP contribution < -0.4 is 21.6 Å². The van der Waals surface area contributed by atoms with Crippen LogP contribution in [0.25, 0.3) is 22.3 Å². The van der Waals surface area contributed by atoms with Crippen molar-refractivity contribution in [3.8, 4) is 5.88 Å². The molecule has 0 aromatic carbocycles. The largest absolute Gasteiger partial charge is 0.576 e. The van der Waals surface area contributed by atoms with Gasteiger partial charge in [0.1, 0.15) is 36.6 Å². The lowest BCUT2D eigenvalue weighted by Gasteiger charge is -2.21. The van der Waals surface area contributed by atoms with E-state index in [0.29, 0.717) is 0 Å². The van der Waals surface area contributed by atoms with Crippen molar-refractivity contribution in [3.63, 3.8) is 0 Å². The number of hydrogen-bond donors (Lipinski definition) is 9. The highest BCUT2D eigenvalue weighted by Crippen LogP contribution is 2.67. The lowest BCUT2D eigenvalue weighted by Crippen LogP contribution is -2.46. The maximum absolute atomic E-state index is 12.6. The van der Waals surface area contributed by atoms with E-state index in [-0.39, 0.29) is 40.1 Å². The molecule has 11 atom stereocenters. The van der Waals surface area contributed by atoms with Crippen molar-refractivity contribution in [1.82, 2.24) is 34.1 Å². The topological polar surface area (TPSA) is 410 Å². The Bertz CT molecular complexity index is 2230. The molecule has 31 heteroatoms. The molecule has 0 spiro atoms. The molecule has 13 N–H and O–H groups in total. The summed E-state index contributed by atoms with van der Waals surface area (Å²) in [5, 5.41) is 40.0. The van der Waals surface area contributed by atoms with Gasteiger partial charge in [-0.2, -0.15) is 13.6 Å². The molecule has 2 saturated heterocycles. The summed E-state index contributed by atoms with van der Waals surface area (Å²) in [6, 6.07) is 0. The Morgan fingerprint density at radius 1 is 0.962 bits per heavy atom. The predicted molar refractivity (Wildman–Crippen MR) is 169 cm³/mol. The van der Waals surface area contributed by atoms with Crippen LogP contribution in [0, 0.1) is 0 Å². The molecule has 0 aliphatic carbocycles. The maximum Gasteiger partial charge on any atom is 0.490 e. The van der Waals surface area contributed by atoms with E-state index >= 15 is 0 Å². The first-order valence-electron chi connectivity index (χ1n) is 14.8. The fourth-order valence-electron chi connectivity index (χ4n) is 5.71. The van der Waals surface area contributed by atoms with Crippen molar-refractivity contribution >= 4 is 57.7 Å². The average molecular weight is 818 g/mol. The third kappa shape index (κ3) is 7.85. The van der Waals surface area contributed by atoms with Gasteiger partial charge in [-0.1, -0.05) is 4.98 Å². The van der Waals surface area contributed by atoms with Crippen LogP contribution in [-0.2, 0) is 52.6 Å². The summed E-state index contributed by atoms with van der Waals surface area (Å²) in [4.78, 5) is 60.2. The molecule has 2 aliphatic rings. The van der Waals surface area contributed by atoms with Gasteiger partial charge < -0.3 is 60.8 Å². The highest BCUT2D eigenvalue weighted by atomic mass is 31.3. The Morgan fingerprint density at radius 2 is 1.60 bits per heavy atom. The Balaban J connectivity index is 1.06. The van der Waals surface area contributed by atoms with E-state index < -0.39 is 91.3 Å². The number of aliphatic hydroxyl groups is 3. The van der Waals surface area contributed by atoms with Gasteiger partial charge in [-0.3, -0.25) is 28.0 Å². The van der Waals surface area contributed by atoms with E-state index in [2.05, 4.69) is 38.1 Å². The number of imidazole rings is 2. The molecule has 2 fully saturated rings. The summed E-state index contributed by atoms with van der Waals surface area (Å²) < 4.78 is 75.6. The van der Waals surface area contributed by atoms with Crippen molar-refractivity contribution in [2.75, 3.05) is 31.8 Å². The van der Waals surface area contributed by atoms with E-state index in [1.807, 2.05) is 0 Å². The molecule has 6 rings (SSSR count). The minimum atomic E-state index is -5.97. The van der Waals surface area contributed by atoms with Crippen molar-refractivity contribution in [3.05, 3.63) is 23.0 Å². The number of nitrogens with zero attached hydrogens (tertiary/aromatic N) is 7. The molecule has 292 valence electrons. The number of nitrogens with two attached hydrogens (primary N) is 2. The molecule has 2 aliphatic heterocycles. The summed E-state index contributed by atoms with van der Waals surface area (Å²) in [5.74, 6) is -0.772. The zero-order valence-corrected chi connectivity index (χ0v) is 29.7. The fraction of sp³-hybridized carbons (Fsp3) is 0.545. The number of aromatic amines is 1. The first kappa shape index (κ1) is 39.2. The van der Waals surface area contributed by atoms with Crippen LogP contribution >= 0.6 is 23.5 Å². The number of hydrogen-bond acceptors (Lipinski definition) is 20. The third-order valence-corrected chi connectivity index (χ3v) is 12.2. The first-order chi connectivity index (χ1) is 24.7. The third-order valence-electron chi connectivity index (χ3n) is 7.91. The zero-order valence-electron chi connectivity index (χ0n) is 27.0. The van der Waals surface area contributed by atoms with Gasteiger partial charge in [0.15, 0.2) is 23.7 Å². The van der Waals surface area contributed by atoms with Gasteiger partial charge in [-0.05, 0) is 0 Å². The second-order valence-corrected chi connectivity index (χ2v) is 16.1. The lowest BCUT2D eigenvalue weighted by molar-refractivity contribution is -0.745. The fourth-order valence-corrected chi connectivity index (χ4v) is 9.23. The van der Waals surface area contributed by atoms with E-state index in [0.717, 1.165) is 10.9 Å². The van der Waals surface area contributed by atoms with Crippen LogP contribution in [-0.4, -0.2) is 126 Å². The Morgan fingerprint density at radius 3 is 2.25 bits per heavy atom. The van der Waals surface area contributed by atoms with Crippen molar-refractivity contribution < 1.29 is 85.2 Å². The minimum Gasteiger partial charge on any atom is -0.576 e. The van der Waals surface area contributed by atoms with Gasteiger partial charge in [0, 0.05) is 7.11 Å². The van der Waals surface area contributed by atoms with Crippen LogP contribution in [0.1, 0.15) is 12.5 Å². The molecular formula is C22H33N10O18P3+2. The number of fused-ring (bicyclic) bond motifs is 2. The smallest absolute Gasteiger partial charge is 0.490 e. The van der Waals surface area contributed by atoms with E-state index in [9.17, 15) is 48.5 Å². The standard InChI is InChI=1S/C22H31N10O18P3/c1-30-6-32(16-10(30)18(37)29-22(24)27-16)20-13(35)14(44-2)8(48-20)4-46-52(40,41)50-53(42,43)49-51(38,39)45-3-7-11(33)12(34)19(47-7)31-5-25-9-15(31)26-21(23)28-17(9)36/h5-8,11-14,19-20,33-35H,3-4H2,1-2H3,(H8-,23,24,26,27,28,29,36,37,38,39,40,41,42,43)/p+2/t7-,8-,11+,12?,13+,14?,19-,20-/m1/s1. The molecule has 0 radical (unpaired) electrons. The molecule has 0 amide bonds. The number of anilines is 2. The van der Waals surface area contributed by atoms with Crippen LogP contribution in [0.3, 0.4) is 0 Å². The van der Waals surface area contributed by atoms with Gasteiger partial charge in [0.2, 0.25) is 12.2 Å². The quantitative estimate of drug-likeness (QED) is 0.0355. The summed E-state index contributed by atoms with van der Waals surface area (Å²) in [5.41, 5.74) is 10.5. The number of nitrogen functional groups attached to an aromatic ring is 2. The first-order valence-corrected chi connectivity index (χ1v) is 19.2. The van der Waals surface area contributed by atoms with Crippen LogP contribution in [0.4, 0.5) is 11.9 Å². The highest BCUT2D eigenvalue weighted by molar-refractivity contribution is 7.66. The number of phosphoric ester groups is 2. The van der Waals surface area contributed by atoms with Crippen LogP contribution in [0.5, 0.6) is 5.88 Å². The average Bonchev–Trinajstić information content (AvgIpc) is 3.76. The molecule has 5 unspecified atom stereocenters. The van der Waals surface area contributed by atoms with Crippen molar-refractivity contribution in [1.29, 1.82) is 0 Å². The van der Waals surface area contributed by atoms with Gasteiger partial charge in [-0.25, -0.2) is 23.2 Å². The molecule has 0 saturated carbocycles. The number of aromatic nitrogens is 8. The number of phosphoric acid groups is 3. The number of ether oxygens (including phenoxy) is 3. The number of methoxy groups -OCH3 is 1. The SMILES string of the molecule is COC1[C@@H](COP(=O)(O)OP(=O)(O)OP(=O)(O)OC[C@H]2O[C@@H](n3cnc4c(=O)[nH]c(N)nc43)C(O)[C@H]2O)O[C@@H]([n+]2cn(C)c3c([OH2+])nc(N)nc32)[C@H]1O. The molecule has 53 heavy (non-hydrogen) atoms. The van der Waals surface area contributed by atoms with Crippen LogP contribution in [0.2, 0.25) is 0 Å². The second kappa shape index (κ2) is 14.3. The van der Waals surface area contributed by atoms with Gasteiger partial charge in [0.05, 0.1) is 26.6 Å². The number of aliphatic hydroxyl groups excluding tert-OH is 3. The zero-order chi connectivity index (χ0) is 38.8. The van der Waals surface area contributed by atoms with E-state index in [4.69, 9.17) is 35.3 Å². The maximum atomic E-state index is 12.6. The molecular weight excluding hydrogens is 785 g/mol. The molecule has 0 bridgehead atoms.